The number of hydrogen-bond donors (Lipinski definition) is 2. The van der Waals surface area contributed by atoms with E-state index in [1.165, 1.54) is 4.88 Å². The normalized spacial score (nSPS) is 12.8. The van der Waals surface area contributed by atoms with Crippen LogP contribution in [0, 0.1) is 5.92 Å². The van der Waals surface area contributed by atoms with Crippen LogP contribution in [0.5, 0.6) is 0 Å². The lowest BCUT2D eigenvalue weighted by Crippen LogP contribution is -2.39. The molecule has 1 aromatic carbocycles. The number of halogens is 1. The van der Waals surface area contributed by atoms with Crippen molar-refractivity contribution < 1.29 is 4.52 Å². The summed E-state index contributed by atoms with van der Waals surface area (Å²) in [6, 6.07) is 11.6. The molecule has 3 aromatic rings. The smallest absolute Gasteiger partial charge is 0.246 e. The zero-order valence-corrected chi connectivity index (χ0v) is 16.8. The molecule has 2 heterocycles. The fourth-order valence-electron chi connectivity index (χ4n) is 2.54. The Bertz CT molecular complexity index is 861. The first-order valence-electron chi connectivity index (χ1n) is 8.69. The predicted molar refractivity (Wildman–Crippen MR) is 110 cm³/mol. The molecule has 27 heavy (non-hydrogen) atoms. The Morgan fingerprint density at radius 3 is 2.78 bits per heavy atom. The van der Waals surface area contributed by atoms with Crippen LogP contribution >= 0.6 is 22.9 Å². The van der Waals surface area contributed by atoms with E-state index in [1.807, 2.05) is 12.1 Å². The SMILES string of the molecule is CN=C(NCc1nc(-c2ccc(Cl)cc2)no1)NCC(C)Cc1cccs1. The van der Waals surface area contributed by atoms with Gasteiger partial charge in [-0.25, -0.2) is 0 Å². The van der Waals surface area contributed by atoms with Crippen LogP contribution in [-0.4, -0.2) is 29.7 Å². The number of hydrogen-bond acceptors (Lipinski definition) is 5. The number of nitrogens with zero attached hydrogens (tertiary/aromatic N) is 3. The quantitative estimate of drug-likeness (QED) is 0.460. The number of guanidine groups is 1. The van der Waals surface area contributed by atoms with Crippen molar-refractivity contribution in [3.63, 3.8) is 0 Å². The highest BCUT2D eigenvalue weighted by molar-refractivity contribution is 7.09. The number of rotatable bonds is 7. The molecule has 0 saturated carbocycles. The van der Waals surface area contributed by atoms with Gasteiger partial charge in [0.25, 0.3) is 0 Å². The molecule has 142 valence electrons. The Hall–Kier alpha value is -2.38. The minimum atomic E-state index is 0.402. The summed E-state index contributed by atoms with van der Waals surface area (Å²) in [6.45, 7) is 3.45. The summed E-state index contributed by atoms with van der Waals surface area (Å²) in [6.07, 6.45) is 1.05. The molecule has 0 aliphatic rings. The van der Waals surface area contributed by atoms with Gasteiger partial charge < -0.3 is 15.2 Å². The molecule has 0 aliphatic heterocycles. The van der Waals surface area contributed by atoms with E-state index in [0.29, 0.717) is 35.2 Å². The second-order valence-corrected chi connectivity index (χ2v) is 7.68. The lowest BCUT2D eigenvalue weighted by molar-refractivity contribution is 0.375. The van der Waals surface area contributed by atoms with E-state index in [4.69, 9.17) is 16.1 Å². The molecule has 2 aromatic heterocycles. The Kier molecular flexibility index (Phi) is 6.84. The van der Waals surface area contributed by atoms with Gasteiger partial charge in [0, 0.05) is 29.1 Å². The van der Waals surface area contributed by atoms with Crippen LogP contribution in [0.25, 0.3) is 11.4 Å². The molecule has 0 radical (unpaired) electrons. The fraction of sp³-hybridized carbons (Fsp3) is 0.316. The van der Waals surface area contributed by atoms with Crippen LogP contribution in [0.2, 0.25) is 5.02 Å². The number of aliphatic imine (C=N–C) groups is 1. The topological polar surface area (TPSA) is 75.3 Å². The highest BCUT2D eigenvalue weighted by Crippen LogP contribution is 2.18. The highest BCUT2D eigenvalue weighted by atomic mass is 35.5. The first-order chi connectivity index (χ1) is 13.1. The van der Waals surface area contributed by atoms with Crippen LogP contribution in [0.3, 0.4) is 0 Å². The Morgan fingerprint density at radius 2 is 2.07 bits per heavy atom. The van der Waals surface area contributed by atoms with Crippen LogP contribution in [0.15, 0.2) is 51.3 Å². The highest BCUT2D eigenvalue weighted by Gasteiger charge is 2.10. The Balaban J connectivity index is 1.47. The molecule has 0 bridgehead atoms. The van der Waals surface area contributed by atoms with Gasteiger partial charge >= 0.3 is 0 Å². The van der Waals surface area contributed by atoms with E-state index in [0.717, 1.165) is 18.5 Å². The molecule has 1 atom stereocenters. The van der Waals surface area contributed by atoms with E-state index < -0.39 is 0 Å². The molecule has 0 spiro atoms. The van der Waals surface area contributed by atoms with E-state index in [-0.39, 0.29) is 0 Å². The second kappa shape index (κ2) is 9.53. The average molecular weight is 404 g/mol. The van der Waals surface area contributed by atoms with Crippen LogP contribution in [0.4, 0.5) is 0 Å². The molecule has 0 amide bonds. The van der Waals surface area contributed by atoms with Gasteiger partial charge in [0.05, 0.1) is 6.54 Å². The Labute approximate surface area is 167 Å². The van der Waals surface area contributed by atoms with Gasteiger partial charge in [-0.05, 0) is 48.1 Å². The van der Waals surface area contributed by atoms with Crippen molar-refractivity contribution in [1.82, 2.24) is 20.8 Å². The number of benzene rings is 1. The van der Waals surface area contributed by atoms with Crippen molar-refractivity contribution in [2.75, 3.05) is 13.6 Å². The van der Waals surface area contributed by atoms with Crippen molar-refractivity contribution in [3.05, 3.63) is 57.6 Å². The first-order valence-corrected chi connectivity index (χ1v) is 9.95. The van der Waals surface area contributed by atoms with Crippen LogP contribution < -0.4 is 10.6 Å². The molecule has 3 rings (SSSR count). The van der Waals surface area contributed by atoms with Crippen molar-refractivity contribution in [2.45, 2.75) is 19.9 Å². The van der Waals surface area contributed by atoms with Gasteiger partial charge in [0.15, 0.2) is 5.96 Å². The number of thiophene rings is 1. The van der Waals surface area contributed by atoms with Gasteiger partial charge in [-0.15, -0.1) is 11.3 Å². The summed E-state index contributed by atoms with van der Waals surface area (Å²) in [5.41, 5.74) is 0.860. The lowest BCUT2D eigenvalue weighted by Gasteiger charge is -2.14. The third kappa shape index (κ3) is 5.80. The molecule has 8 heteroatoms. The molecule has 0 aliphatic carbocycles. The first kappa shape index (κ1) is 19.4. The molecular formula is C19H22ClN5OS. The monoisotopic (exact) mass is 403 g/mol. The van der Waals surface area contributed by atoms with Crippen molar-refractivity contribution >= 4 is 28.9 Å². The predicted octanol–water partition coefficient (Wildman–Crippen LogP) is 4.00. The van der Waals surface area contributed by atoms with Gasteiger partial charge in [-0.2, -0.15) is 4.98 Å². The summed E-state index contributed by atoms with van der Waals surface area (Å²) >= 11 is 7.69. The van der Waals surface area contributed by atoms with E-state index in [1.54, 1.807) is 30.5 Å². The van der Waals surface area contributed by atoms with E-state index in [9.17, 15) is 0 Å². The summed E-state index contributed by atoms with van der Waals surface area (Å²) < 4.78 is 5.30. The standard InChI is InChI=1S/C19H22ClN5OS/c1-13(10-16-4-3-9-27-16)11-22-19(21-2)23-12-17-24-18(25-26-17)14-5-7-15(20)8-6-14/h3-9,13H,10-12H2,1-2H3,(H2,21,22,23). The third-order valence-corrected chi connectivity index (χ3v) is 5.10. The molecule has 0 saturated heterocycles. The maximum atomic E-state index is 5.90. The zero-order chi connectivity index (χ0) is 19.1. The minimum Gasteiger partial charge on any atom is -0.356 e. The lowest BCUT2D eigenvalue weighted by atomic mass is 10.1. The molecule has 0 fully saturated rings. The number of nitrogens with one attached hydrogen (secondary N) is 2. The largest absolute Gasteiger partial charge is 0.356 e. The van der Waals surface area contributed by atoms with Gasteiger partial charge in [-0.3, -0.25) is 4.99 Å². The molecule has 1 unspecified atom stereocenters. The minimum absolute atomic E-state index is 0.402. The maximum absolute atomic E-state index is 5.90. The fourth-order valence-corrected chi connectivity index (χ4v) is 3.53. The second-order valence-electron chi connectivity index (χ2n) is 6.21. The average Bonchev–Trinajstić information content (AvgIpc) is 3.34. The summed E-state index contributed by atoms with van der Waals surface area (Å²) in [7, 11) is 1.74. The van der Waals surface area contributed by atoms with Gasteiger partial charge in [0.2, 0.25) is 11.7 Å². The maximum Gasteiger partial charge on any atom is 0.246 e. The molecule has 6 nitrogen and oxygen atoms in total. The van der Waals surface area contributed by atoms with Crippen molar-refractivity contribution in [3.8, 4) is 11.4 Å². The molecule has 2 N–H and O–H groups in total. The van der Waals surface area contributed by atoms with Crippen LogP contribution in [0.1, 0.15) is 17.7 Å². The molecular weight excluding hydrogens is 382 g/mol. The number of aromatic nitrogens is 2. The van der Waals surface area contributed by atoms with Crippen molar-refractivity contribution in [1.29, 1.82) is 0 Å². The summed E-state index contributed by atoms with van der Waals surface area (Å²) in [4.78, 5) is 10.0. The summed E-state index contributed by atoms with van der Waals surface area (Å²) in [5, 5.41) is 13.3. The summed E-state index contributed by atoms with van der Waals surface area (Å²) in [5.74, 6) is 2.24. The van der Waals surface area contributed by atoms with Gasteiger partial charge in [-0.1, -0.05) is 29.7 Å². The van der Waals surface area contributed by atoms with Crippen LogP contribution in [-0.2, 0) is 13.0 Å². The van der Waals surface area contributed by atoms with Gasteiger partial charge in [0.1, 0.15) is 0 Å². The zero-order valence-electron chi connectivity index (χ0n) is 15.3. The van der Waals surface area contributed by atoms with E-state index in [2.05, 4.69) is 50.2 Å². The third-order valence-electron chi connectivity index (χ3n) is 3.95. The van der Waals surface area contributed by atoms with Crippen molar-refractivity contribution in [2.24, 2.45) is 10.9 Å². The Morgan fingerprint density at radius 1 is 1.26 bits per heavy atom. The van der Waals surface area contributed by atoms with E-state index >= 15 is 0 Å².